The molecule has 0 fully saturated rings. The summed E-state index contributed by atoms with van der Waals surface area (Å²) in [5, 5.41) is 8.76. The number of rotatable bonds is 5. The van der Waals surface area contributed by atoms with Gasteiger partial charge in [0.25, 0.3) is 0 Å². The summed E-state index contributed by atoms with van der Waals surface area (Å²) in [5.41, 5.74) is 9.58. The fraction of sp³-hybridized carbons (Fsp3) is 0.500. The lowest BCUT2D eigenvalue weighted by Gasteiger charge is -2.19. The Bertz CT molecular complexity index is 446. The first-order chi connectivity index (χ1) is 8.31. The predicted octanol–water partition coefficient (Wildman–Crippen LogP) is 3.57. The number of nitrogens with two attached hydrogens (primary N) is 1. The van der Waals surface area contributed by atoms with Crippen LogP contribution in [0.2, 0.25) is 0 Å². The van der Waals surface area contributed by atoms with E-state index in [9.17, 15) is 4.79 Å². The molecule has 0 aliphatic carbocycles. The van der Waals surface area contributed by atoms with Gasteiger partial charge in [-0.05, 0) is 48.9 Å². The van der Waals surface area contributed by atoms with Crippen LogP contribution in [0.3, 0.4) is 0 Å². The van der Waals surface area contributed by atoms with Gasteiger partial charge in [0.2, 0.25) is 0 Å². The van der Waals surface area contributed by atoms with Crippen LogP contribution in [0.15, 0.2) is 16.6 Å². The summed E-state index contributed by atoms with van der Waals surface area (Å²) in [6, 6.07) is 4.04. The van der Waals surface area contributed by atoms with E-state index in [2.05, 4.69) is 28.1 Å². The highest BCUT2D eigenvalue weighted by Gasteiger charge is 2.16. The maximum atomic E-state index is 10.6. The number of carboxylic acid groups (broad SMARTS) is 1. The lowest BCUT2D eigenvalue weighted by Crippen LogP contribution is -2.17. The van der Waals surface area contributed by atoms with E-state index in [4.69, 9.17) is 10.8 Å². The maximum absolute atomic E-state index is 10.6. The van der Waals surface area contributed by atoms with Crippen molar-refractivity contribution >= 4 is 21.9 Å². The number of halogens is 1. The van der Waals surface area contributed by atoms with Crippen molar-refractivity contribution < 1.29 is 9.90 Å². The van der Waals surface area contributed by atoms with Crippen LogP contribution in [0, 0.1) is 19.8 Å². The summed E-state index contributed by atoms with van der Waals surface area (Å²) in [6.07, 6.45) is 0.858. The first-order valence-corrected chi connectivity index (χ1v) is 6.84. The normalized spacial score (nSPS) is 14.3. The van der Waals surface area contributed by atoms with Crippen LogP contribution in [-0.4, -0.2) is 11.1 Å². The van der Waals surface area contributed by atoms with Crippen molar-refractivity contribution in [2.45, 2.75) is 39.7 Å². The third-order valence-corrected chi connectivity index (χ3v) is 3.98. The van der Waals surface area contributed by atoms with Gasteiger partial charge in [0.05, 0.1) is 0 Å². The Hall–Kier alpha value is -0.870. The summed E-state index contributed by atoms with van der Waals surface area (Å²) >= 11 is 3.49. The third-order valence-electron chi connectivity index (χ3n) is 3.13. The quantitative estimate of drug-likeness (QED) is 0.873. The topological polar surface area (TPSA) is 63.3 Å². The van der Waals surface area contributed by atoms with E-state index in [-0.39, 0.29) is 18.4 Å². The van der Waals surface area contributed by atoms with Gasteiger partial charge in [-0.2, -0.15) is 0 Å². The van der Waals surface area contributed by atoms with Crippen LogP contribution in [0.4, 0.5) is 0 Å². The molecule has 4 heteroatoms. The van der Waals surface area contributed by atoms with Gasteiger partial charge in [0.15, 0.2) is 0 Å². The second kappa shape index (κ2) is 6.34. The molecule has 0 aliphatic rings. The van der Waals surface area contributed by atoms with E-state index in [0.717, 1.165) is 21.2 Å². The molecular formula is C14H20BrNO2. The Morgan fingerprint density at radius 1 is 1.39 bits per heavy atom. The SMILES string of the molecule is Cc1cc(C(N)CC(C)CC(=O)O)c(C)cc1Br. The molecule has 0 bridgehead atoms. The molecule has 0 aliphatic heterocycles. The zero-order valence-electron chi connectivity index (χ0n) is 11.0. The van der Waals surface area contributed by atoms with Gasteiger partial charge in [0, 0.05) is 16.9 Å². The van der Waals surface area contributed by atoms with Crippen molar-refractivity contribution in [3.8, 4) is 0 Å². The first kappa shape index (κ1) is 15.2. The maximum Gasteiger partial charge on any atom is 0.303 e. The molecule has 0 saturated heterocycles. The lowest BCUT2D eigenvalue weighted by atomic mass is 9.91. The molecule has 0 aromatic heterocycles. The van der Waals surface area contributed by atoms with Crippen LogP contribution in [0.25, 0.3) is 0 Å². The smallest absolute Gasteiger partial charge is 0.303 e. The summed E-state index contributed by atoms with van der Waals surface area (Å²) in [4.78, 5) is 10.6. The molecular weight excluding hydrogens is 294 g/mol. The molecule has 0 saturated carbocycles. The summed E-state index contributed by atoms with van der Waals surface area (Å²) < 4.78 is 1.08. The average molecular weight is 314 g/mol. The van der Waals surface area contributed by atoms with Crippen LogP contribution in [0.5, 0.6) is 0 Å². The second-order valence-electron chi connectivity index (χ2n) is 5.00. The minimum Gasteiger partial charge on any atom is -0.481 e. The highest BCUT2D eigenvalue weighted by molar-refractivity contribution is 9.10. The lowest BCUT2D eigenvalue weighted by molar-refractivity contribution is -0.138. The molecule has 1 rings (SSSR count). The zero-order valence-corrected chi connectivity index (χ0v) is 12.6. The number of hydrogen-bond donors (Lipinski definition) is 2. The molecule has 1 aromatic carbocycles. The Labute approximate surface area is 117 Å². The third kappa shape index (κ3) is 4.10. The monoisotopic (exact) mass is 313 g/mol. The number of carbonyl (C=O) groups is 1. The molecule has 3 N–H and O–H groups in total. The number of hydrogen-bond acceptors (Lipinski definition) is 2. The van der Waals surface area contributed by atoms with Gasteiger partial charge in [0.1, 0.15) is 0 Å². The van der Waals surface area contributed by atoms with E-state index in [1.54, 1.807) is 0 Å². The molecule has 100 valence electrons. The van der Waals surface area contributed by atoms with Crippen LogP contribution < -0.4 is 5.73 Å². The number of carboxylic acids is 1. The second-order valence-corrected chi connectivity index (χ2v) is 5.86. The number of aliphatic carboxylic acids is 1. The molecule has 3 nitrogen and oxygen atoms in total. The minimum atomic E-state index is -0.765. The number of benzene rings is 1. The summed E-state index contributed by atoms with van der Waals surface area (Å²) in [6.45, 7) is 5.98. The highest BCUT2D eigenvalue weighted by Crippen LogP contribution is 2.28. The molecule has 0 heterocycles. The molecule has 18 heavy (non-hydrogen) atoms. The predicted molar refractivity (Wildman–Crippen MR) is 76.6 cm³/mol. The van der Waals surface area contributed by atoms with E-state index in [0.29, 0.717) is 6.42 Å². The minimum absolute atomic E-state index is 0.0841. The summed E-state index contributed by atoms with van der Waals surface area (Å²) in [5.74, 6) is -0.681. The van der Waals surface area contributed by atoms with Gasteiger partial charge in [-0.3, -0.25) is 4.79 Å². The van der Waals surface area contributed by atoms with Crippen molar-refractivity contribution in [1.82, 2.24) is 0 Å². The Kier molecular flexibility index (Phi) is 5.35. The van der Waals surface area contributed by atoms with Crippen molar-refractivity contribution in [1.29, 1.82) is 0 Å². The molecule has 2 unspecified atom stereocenters. The van der Waals surface area contributed by atoms with Crippen molar-refractivity contribution in [3.63, 3.8) is 0 Å². The fourth-order valence-electron chi connectivity index (χ4n) is 2.14. The van der Waals surface area contributed by atoms with Crippen molar-refractivity contribution in [2.75, 3.05) is 0 Å². The standard InChI is InChI=1S/C14H20BrNO2/c1-8(5-14(17)18)4-13(16)11-6-10(3)12(15)7-9(11)2/h6-8,13H,4-5,16H2,1-3H3,(H,17,18). The molecule has 0 amide bonds. The van der Waals surface area contributed by atoms with Gasteiger partial charge in [-0.1, -0.05) is 28.9 Å². The molecule has 0 spiro atoms. The van der Waals surface area contributed by atoms with Gasteiger partial charge in [-0.25, -0.2) is 0 Å². The van der Waals surface area contributed by atoms with Gasteiger partial charge in [-0.15, -0.1) is 0 Å². The van der Waals surface area contributed by atoms with Crippen LogP contribution >= 0.6 is 15.9 Å². The molecule has 1 aromatic rings. The van der Waals surface area contributed by atoms with E-state index < -0.39 is 5.97 Å². The van der Waals surface area contributed by atoms with Gasteiger partial charge >= 0.3 is 5.97 Å². The Morgan fingerprint density at radius 2 is 2.00 bits per heavy atom. The zero-order chi connectivity index (χ0) is 13.9. The van der Waals surface area contributed by atoms with Crippen LogP contribution in [0.1, 0.15) is 42.5 Å². The van der Waals surface area contributed by atoms with Crippen LogP contribution in [-0.2, 0) is 4.79 Å². The Balaban J connectivity index is 2.81. The summed E-state index contributed by atoms with van der Waals surface area (Å²) in [7, 11) is 0. The van der Waals surface area contributed by atoms with E-state index in [1.165, 1.54) is 0 Å². The average Bonchev–Trinajstić information content (AvgIpc) is 2.21. The van der Waals surface area contributed by atoms with Crippen molar-refractivity contribution in [2.24, 2.45) is 11.7 Å². The largest absolute Gasteiger partial charge is 0.481 e. The highest BCUT2D eigenvalue weighted by atomic mass is 79.9. The molecule has 2 atom stereocenters. The fourth-order valence-corrected chi connectivity index (χ4v) is 2.60. The first-order valence-electron chi connectivity index (χ1n) is 6.05. The van der Waals surface area contributed by atoms with Crippen molar-refractivity contribution in [3.05, 3.63) is 33.3 Å². The number of aryl methyl sites for hydroxylation is 2. The van der Waals surface area contributed by atoms with E-state index in [1.807, 2.05) is 20.8 Å². The van der Waals surface area contributed by atoms with E-state index >= 15 is 0 Å². The van der Waals surface area contributed by atoms with Gasteiger partial charge < -0.3 is 10.8 Å². The Morgan fingerprint density at radius 3 is 2.56 bits per heavy atom. The molecule has 0 radical (unpaired) electrons.